The number of phenolic OH excluding ortho intramolecular Hbond substituents is 1. The molecule has 0 bridgehead atoms. The minimum Gasteiger partial charge on any atom is -0.508 e. The molecule has 0 aliphatic heterocycles. The summed E-state index contributed by atoms with van der Waals surface area (Å²) >= 11 is 1.65. The van der Waals surface area contributed by atoms with Gasteiger partial charge < -0.3 is 10.2 Å². The fourth-order valence-electron chi connectivity index (χ4n) is 0.898. The maximum Gasteiger partial charge on any atom is 0.116 e. The van der Waals surface area contributed by atoms with Gasteiger partial charge >= 0.3 is 0 Å². The van der Waals surface area contributed by atoms with Crippen molar-refractivity contribution >= 4 is 11.8 Å². The number of aliphatic hydroxyl groups is 1. The summed E-state index contributed by atoms with van der Waals surface area (Å²) in [5.74, 6) is 1.13. The highest BCUT2D eigenvalue weighted by molar-refractivity contribution is 7.99. The lowest BCUT2D eigenvalue weighted by Gasteiger charge is -2.20. The number of rotatable bonds is 4. The summed E-state index contributed by atoms with van der Waals surface area (Å²) in [7, 11) is 0. The summed E-state index contributed by atoms with van der Waals surface area (Å²) in [6.07, 6.45) is 0. The molecule has 0 fully saturated rings. The Hall–Kier alpha value is -0.670. The Bertz CT molecular complexity index is 297. The Balaban J connectivity index is 2.54. The van der Waals surface area contributed by atoms with Crippen molar-refractivity contribution in [3.63, 3.8) is 0 Å². The third kappa shape index (κ3) is 3.60. The van der Waals surface area contributed by atoms with E-state index < -0.39 is 0 Å². The van der Waals surface area contributed by atoms with Gasteiger partial charge in [0.25, 0.3) is 0 Å². The van der Waals surface area contributed by atoms with E-state index in [4.69, 9.17) is 5.11 Å². The Kier molecular flexibility index (Phi) is 3.84. The van der Waals surface area contributed by atoms with Crippen molar-refractivity contribution in [2.45, 2.75) is 18.7 Å². The Morgan fingerprint density at radius 2 is 2.07 bits per heavy atom. The summed E-state index contributed by atoms with van der Waals surface area (Å²) in [6, 6.07) is 7.17. The van der Waals surface area contributed by atoms with Crippen molar-refractivity contribution in [3.05, 3.63) is 24.3 Å². The van der Waals surface area contributed by atoms with Crippen LogP contribution in [0.15, 0.2) is 29.2 Å². The molecule has 78 valence electrons. The first kappa shape index (κ1) is 11.4. The van der Waals surface area contributed by atoms with E-state index in [1.54, 1.807) is 23.9 Å². The molecule has 1 aromatic rings. The van der Waals surface area contributed by atoms with E-state index in [0.29, 0.717) is 0 Å². The van der Waals surface area contributed by atoms with Crippen molar-refractivity contribution in [2.75, 3.05) is 12.4 Å². The number of aromatic hydroxyl groups is 1. The van der Waals surface area contributed by atoms with Crippen molar-refractivity contribution in [1.82, 2.24) is 0 Å². The number of hydrogen-bond acceptors (Lipinski definition) is 3. The first-order valence-electron chi connectivity index (χ1n) is 4.56. The van der Waals surface area contributed by atoms with E-state index >= 15 is 0 Å². The fraction of sp³-hybridized carbons (Fsp3) is 0.455. The van der Waals surface area contributed by atoms with Crippen molar-refractivity contribution in [2.24, 2.45) is 5.41 Å². The van der Waals surface area contributed by atoms with Gasteiger partial charge in [-0.1, -0.05) is 19.9 Å². The molecular weight excluding hydrogens is 196 g/mol. The van der Waals surface area contributed by atoms with Crippen LogP contribution < -0.4 is 0 Å². The lowest BCUT2D eigenvalue weighted by atomic mass is 9.98. The smallest absolute Gasteiger partial charge is 0.116 e. The fourth-order valence-corrected chi connectivity index (χ4v) is 1.93. The van der Waals surface area contributed by atoms with Crippen LogP contribution in [-0.2, 0) is 0 Å². The molecule has 2 nitrogen and oxygen atoms in total. The third-order valence-corrected chi connectivity index (χ3v) is 3.39. The monoisotopic (exact) mass is 212 g/mol. The first-order valence-corrected chi connectivity index (χ1v) is 5.55. The number of hydrogen-bond donors (Lipinski definition) is 2. The van der Waals surface area contributed by atoms with Gasteiger partial charge in [0, 0.05) is 17.3 Å². The van der Waals surface area contributed by atoms with Gasteiger partial charge in [0.05, 0.1) is 0 Å². The predicted molar refractivity (Wildman–Crippen MR) is 59.7 cm³/mol. The van der Waals surface area contributed by atoms with Gasteiger partial charge in [0.2, 0.25) is 0 Å². The minimum absolute atomic E-state index is 0.0733. The van der Waals surface area contributed by atoms with Crippen LogP contribution >= 0.6 is 11.8 Å². The standard InChI is InChI=1S/C11H16O2S/c1-11(2,7-12)8-14-10-5-3-4-9(13)6-10/h3-6,12-13H,7-8H2,1-2H3. The van der Waals surface area contributed by atoms with Gasteiger partial charge in [-0.05, 0) is 23.6 Å². The van der Waals surface area contributed by atoms with Gasteiger partial charge in [-0.2, -0.15) is 0 Å². The van der Waals surface area contributed by atoms with Crippen LogP contribution in [0.3, 0.4) is 0 Å². The van der Waals surface area contributed by atoms with Crippen LogP contribution in [0.2, 0.25) is 0 Å². The highest BCUT2D eigenvalue weighted by Gasteiger charge is 2.16. The summed E-state index contributed by atoms with van der Waals surface area (Å²) in [5, 5.41) is 18.3. The SMILES string of the molecule is CC(C)(CO)CSc1cccc(O)c1. The Labute approximate surface area is 89.0 Å². The van der Waals surface area contributed by atoms with Gasteiger partial charge in [-0.25, -0.2) is 0 Å². The van der Waals surface area contributed by atoms with Crippen LogP contribution in [0.5, 0.6) is 5.75 Å². The van der Waals surface area contributed by atoms with E-state index in [0.717, 1.165) is 10.6 Å². The summed E-state index contributed by atoms with van der Waals surface area (Å²) in [6.45, 7) is 4.21. The van der Waals surface area contributed by atoms with E-state index in [-0.39, 0.29) is 17.8 Å². The number of benzene rings is 1. The van der Waals surface area contributed by atoms with Crippen LogP contribution in [-0.4, -0.2) is 22.6 Å². The van der Waals surface area contributed by atoms with E-state index in [2.05, 4.69) is 0 Å². The zero-order valence-corrected chi connectivity index (χ0v) is 9.34. The topological polar surface area (TPSA) is 40.5 Å². The average Bonchev–Trinajstić information content (AvgIpc) is 2.15. The van der Waals surface area contributed by atoms with Gasteiger partial charge in [-0.3, -0.25) is 0 Å². The summed E-state index contributed by atoms with van der Waals surface area (Å²) in [4.78, 5) is 1.03. The van der Waals surface area contributed by atoms with Crippen LogP contribution in [0.25, 0.3) is 0 Å². The van der Waals surface area contributed by atoms with Crippen LogP contribution in [0.4, 0.5) is 0 Å². The number of aliphatic hydroxyl groups excluding tert-OH is 1. The molecule has 0 heterocycles. The lowest BCUT2D eigenvalue weighted by Crippen LogP contribution is -2.19. The third-order valence-electron chi connectivity index (χ3n) is 1.88. The predicted octanol–water partition coefficient (Wildman–Crippen LogP) is 2.50. The van der Waals surface area contributed by atoms with Crippen molar-refractivity contribution < 1.29 is 10.2 Å². The second kappa shape index (κ2) is 4.71. The van der Waals surface area contributed by atoms with Gasteiger partial charge in [0.15, 0.2) is 0 Å². The molecule has 3 heteroatoms. The molecule has 0 amide bonds. The second-order valence-corrected chi connectivity index (χ2v) is 5.16. The average molecular weight is 212 g/mol. The van der Waals surface area contributed by atoms with Crippen molar-refractivity contribution in [3.8, 4) is 5.75 Å². The number of phenols is 1. The minimum atomic E-state index is -0.0733. The molecule has 0 unspecified atom stereocenters. The summed E-state index contributed by atoms with van der Waals surface area (Å²) in [5.41, 5.74) is -0.0733. The van der Waals surface area contributed by atoms with Gasteiger partial charge in [-0.15, -0.1) is 11.8 Å². The molecule has 14 heavy (non-hydrogen) atoms. The normalized spacial score (nSPS) is 11.6. The molecule has 0 atom stereocenters. The molecule has 0 radical (unpaired) electrons. The maximum atomic E-state index is 9.24. The van der Waals surface area contributed by atoms with E-state index in [9.17, 15) is 5.11 Å². The lowest BCUT2D eigenvalue weighted by molar-refractivity contribution is 0.181. The second-order valence-electron chi connectivity index (χ2n) is 4.11. The number of thioether (sulfide) groups is 1. The zero-order chi connectivity index (χ0) is 10.6. The van der Waals surface area contributed by atoms with Crippen LogP contribution in [0.1, 0.15) is 13.8 Å². The van der Waals surface area contributed by atoms with E-state index in [1.165, 1.54) is 0 Å². The van der Waals surface area contributed by atoms with Gasteiger partial charge in [0.1, 0.15) is 5.75 Å². The molecule has 0 saturated carbocycles. The zero-order valence-electron chi connectivity index (χ0n) is 8.53. The molecule has 0 aromatic heterocycles. The first-order chi connectivity index (χ1) is 6.53. The van der Waals surface area contributed by atoms with Crippen molar-refractivity contribution in [1.29, 1.82) is 0 Å². The molecular formula is C11H16O2S. The largest absolute Gasteiger partial charge is 0.508 e. The highest BCUT2D eigenvalue weighted by Crippen LogP contribution is 2.28. The molecule has 0 aliphatic carbocycles. The molecule has 1 rings (SSSR count). The Morgan fingerprint density at radius 1 is 1.36 bits per heavy atom. The molecule has 0 spiro atoms. The summed E-state index contributed by atoms with van der Waals surface area (Å²) < 4.78 is 0. The Morgan fingerprint density at radius 3 is 2.64 bits per heavy atom. The highest BCUT2D eigenvalue weighted by atomic mass is 32.2. The molecule has 0 saturated heterocycles. The maximum absolute atomic E-state index is 9.24. The van der Waals surface area contributed by atoms with Crippen LogP contribution in [0, 0.1) is 5.41 Å². The molecule has 0 aliphatic rings. The molecule has 2 N–H and O–H groups in total. The van der Waals surface area contributed by atoms with E-state index in [1.807, 2.05) is 26.0 Å². The quantitative estimate of drug-likeness (QED) is 0.753. The molecule has 1 aromatic carbocycles.